The van der Waals surface area contributed by atoms with E-state index >= 15 is 0 Å². The van der Waals surface area contributed by atoms with Gasteiger partial charge in [0.2, 0.25) is 5.91 Å². The lowest BCUT2D eigenvalue weighted by Gasteiger charge is -2.30. The van der Waals surface area contributed by atoms with Crippen molar-refractivity contribution in [2.45, 2.75) is 25.7 Å². The number of methoxy groups -OCH3 is 1. The Balaban J connectivity index is 1.78. The Kier molecular flexibility index (Phi) is 5.96. The molecule has 6 nitrogen and oxygen atoms in total. The van der Waals surface area contributed by atoms with Crippen molar-refractivity contribution < 1.29 is 14.3 Å². The Morgan fingerprint density at radius 2 is 1.85 bits per heavy atom. The highest BCUT2D eigenvalue weighted by molar-refractivity contribution is 6.00. The lowest BCUT2D eigenvalue weighted by Crippen LogP contribution is -2.31. The first-order valence-corrected chi connectivity index (χ1v) is 9.19. The Morgan fingerprint density at radius 1 is 1.11 bits per heavy atom. The van der Waals surface area contributed by atoms with Crippen molar-refractivity contribution in [1.82, 2.24) is 0 Å². The third-order valence-corrected chi connectivity index (χ3v) is 4.79. The number of ether oxygens (including phenoxy) is 1. The molecule has 0 aliphatic carbocycles. The number of amides is 2. The fourth-order valence-electron chi connectivity index (χ4n) is 3.44. The van der Waals surface area contributed by atoms with Crippen LogP contribution in [0.3, 0.4) is 0 Å². The van der Waals surface area contributed by atoms with Crippen molar-refractivity contribution in [1.29, 1.82) is 0 Å². The average molecular weight is 367 g/mol. The normalized spacial score (nSPS) is 13.9. The van der Waals surface area contributed by atoms with E-state index in [9.17, 15) is 9.59 Å². The van der Waals surface area contributed by atoms with Crippen LogP contribution in [-0.2, 0) is 11.2 Å². The number of piperidine rings is 1. The van der Waals surface area contributed by atoms with E-state index in [0.29, 0.717) is 17.0 Å². The molecule has 6 heteroatoms. The lowest BCUT2D eigenvalue weighted by molar-refractivity contribution is -0.115. The van der Waals surface area contributed by atoms with E-state index in [1.165, 1.54) is 6.42 Å². The van der Waals surface area contributed by atoms with E-state index in [1.807, 2.05) is 30.3 Å². The highest BCUT2D eigenvalue weighted by Gasteiger charge is 2.18. The maximum absolute atomic E-state index is 12.5. The largest absolute Gasteiger partial charge is 0.496 e. The maximum atomic E-state index is 12.5. The SMILES string of the molecule is COc1ccccc1CC(=O)Nc1ccc(C(N)=O)c(N2CCCCC2)c1. The summed E-state index contributed by atoms with van der Waals surface area (Å²) in [4.78, 5) is 26.5. The first-order valence-electron chi connectivity index (χ1n) is 9.19. The molecule has 3 rings (SSSR count). The van der Waals surface area contributed by atoms with Gasteiger partial charge in [-0.25, -0.2) is 0 Å². The second-order valence-corrected chi connectivity index (χ2v) is 6.68. The molecule has 0 unspecified atom stereocenters. The second-order valence-electron chi connectivity index (χ2n) is 6.68. The average Bonchev–Trinajstić information content (AvgIpc) is 2.68. The highest BCUT2D eigenvalue weighted by Crippen LogP contribution is 2.28. The van der Waals surface area contributed by atoms with Gasteiger partial charge in [0, 0.05) is 24.3 Å². The van der Waals surface area contributed by atoms with Gasteiger partial charge < -0.3 is 20.7 Å². The van der Waals surface area contributed by atoms with E-state index in [2.05, 4.69) is 10.2 Å². The molecule has 142 valence electrons. The second kappa shape index (κ2) is 8.58. The van der Waals surface area contributed by atoms with Crippen LogP contribution in [-0.4, -0.2) is 32.0 Å². The van der Waals surface area contributed by atoms with E-state index in [-0.39, 0.29) is 12.3 Å². The molecular weight excluding hydrogens is 342 g/mol. The number of anilines is 2. The highest BCUT2D eigenvalue weighted by atomic mass is 16.5. The van der Waals surface area contributed by atoms with Gasteiger partial charge >= 0.3 is 0 Å². The predicted octanol–water partition coefficient (Wildman–Crippen LogP) is 2.97. The van der Waals surface area contributed by atoms with E-state index in [0.717, 1.165) is 37.2 Å². The maximum Gasteiger partial charge on any atom is 0.250 e. The number of para-hydroxylation sites is 1. The lowest BCUT2D eigenvalue weighted by atomic mass is 10.1. The third kappa shape index (κ3) is 4.58. The van der Waals surface area contributed by atoms with E-state index in [1.54, 1.807) is 19.2 Å². The van der Waals surface area contributed by atoms with Gasteiger partial charge in [0.25, 0.3) is 5.91 Å². The van der Waals surface area contributed by atoms with Gasteiger partial charge in [0.05, 0.1) is 24.8 Å². The predicted molar refractivity (Wildman–Crippen MR) is 106 cm³/mol. The van der Waals surface area contributed by atoms with Crippen molar-refractivity contribution in [2.24, 2.45) is 5.73 Å². The molecule has 27 heavy (non-hydrogen) atoms. The topological polar surface area (TPSA) is 84.7 Å². The zero-order chi connectivity index (χ0) is 19.2. The monoisotopic (exact) mass is 367 g/mol. The van der Waals surface area contributed by atoms with Crippen LogP contribution in [0.15, 0.2) is 42.5 Å². The summed E-state index contributed by atoms with van der Waals surface area (Å²) in [6.45, 7) is 1.78. The Bertz CT molecular complexity index is 829. The zero-order valence-corrected chi connectivity index (χ0v) is 15.5. The molecule has 1 aliphatic rings. The van der Waals surface area contributed by atoms with Crippen LogP contribution >= 0.6 is 0 Å². The van der Waals surface area contributed by atoms with Gasteiger partial charge in [0.1, 0.15) is 5.75 Å². The molecule has 1 fully saturated rings. The molecular formula is C21H25N3O3. The van der Waals surface area contributed by atoms with Crippen molar-refractivity contribution in [3.8, 4) is 5.75 Å². The zero-order valence-electron chi connectivity index (χ0n) is 15.5. The summed E-state index contributed by atoms with van der Waals surface area (Å²) in [6.07, 6.45) is 3.57. The van der Waals surface area contributed by atoms with Crippen LogP contribution in [0.1, 0.15) is 35.2 Å². The number of nitrogens with two attached hydrogens (primary N) is 1. The van der Waals surface area contributed by atoms with E-state index in [4.69, 9.17) is 10.5 Å². The number of carbonyl (C=O) groups excluding carboxylic acids is 2. The minimum atomic E-state index is -0.456. The quantitative estimate of drug-likeness (QED) is 0.822. The summed E-state index contributed by atoms with van der Waals surface area (Å²) in [5.41, 5.74) is 8.29. The molecule has 1 saturated heterocycles. The summed E-state index contributed by atoms with van der Waals surface area (Å²) < 4.78 is 5.30. The van der Waals surface area contributed by atoms with Crippen LogP contribution in [0.25, 0.3) is 0 Å². The minimum absolute atomic E-state index is 0.143. The molecule has 0 bridgehead atoms. The molecule has 2 aromatic carbocycles. The summed E-state index contributed by atoms with van der Waals surface area (Å²) in [7, 11) is 1.59. The van der Waals surface area contributed by atoms with Crippen LogP contribution in [0.4, 0.5) is 11.4 Å². The van der Waals surface area contributed by atoms with Crippen molar-refractivity contribution in [2.75, 3.05) is 30.4 Å². The van der Waals surface area contributed by atoms with Crippen LogP contribution in [0.5, 0.6) is 5.75 Å². The Morgan fingerprint density at radius 3 is 2.56 bits per heavy atom. The van der Waals surface area contributed by atoms with Crippen LogP contribution < -0.4 is 20.7 Å². The molecule has 0 saturated carbocycles. The van der Waals surface area contributed by atoms with Crippen molar-refractivity contribution in [3.05, 3.63) is 53.6 Å². The molecule has 1 aliphatic heterocycles. The van der Waals surface area contributed by atoms with Crippen molar-refractivity contribution >= 4 is 23.2 Å². The van der Waals surface area contributed by atoms with Crippen LogP contribution in [0, 0.1) is 0 Å². The summed E-state index contributed by atoms with van der Waals surface area (Å²) in [5, 5.41) is 2.91. The Hall–Kier alpha value is -3.02. The fourth-order valence-corrected chi connectivity index (χ4v) is 3.44. The number of nitrogens with zero attached hydrogens (tertiary/aromatic N) is 1. The number of hydrogen-bond donors (Lipinski definition) is 2. The molecule has 0 radical (unpaired) electrons. The first kappa shape index (κ1) is 18.8. The van der Waals surface area contributed by atoms with Crippen LogP contribution in [0.2, 0.25) is 0 Å². The molecule has 0 spiro atoms. The summed E-state index contributed by atoms with van der Waals surface area (Å²) >= 11 is 0. The van der Waals surface area contributed by atoms with Gasteiger partial charge in [-0.2, -0.15) is 0 Å². The smallest absolute Gasteiger partial charge is 0.250 e. The molecule has 2 aromatic rings. The van der Waals surface area contributed by atoms with Gasteiger partial charge in [-0.05, 0) is 43.5 Å². The first-order chi connectivity index (χ1) is 13.1. The number of carbonyl (C=O) groups is 2. The number of primary amides is 1. The molecule has 3 N–H and O–H groups in total. The molecule has 2 amide bonds. The van der Waals surface area contributed by atoms with Crippen molar-refractivity contribution in [3.63, 3.8) is 0 Å². The molecule has 0 aromatic heterocycles. The molecule has 0 atom stereocenters. The number of nitrogens with one attached hydrogen (secondary N) is 1. The van der Waals surface area contributed by atoms with Gasteiger partial charge in [-0.3, -0.25) is 9.59 Å². The molecule has 1 heterocycles. The number of hydrogen-bond acceptors (Lipinski definition) is 4. The number of rotatable bonds is 6. The van der Waals surface area contributed by atoms with Gasteiger partial charge in [0.15, 0.2) is 0 Å². The fraction of sp³-hybridized carbons (Fsp3) is 0.333. The van der Waals surface area contributed by atoms with E-state index < -0.39 is 5.91 Å². The summed E-state index contributed by atoms with van der Waals surface area (Å²) in [5.74, 6) is 0.0872. The van der Waals surface area contributed by atoms with Gasteiger partial charge in [-0.1, -0.05) is 18.2 Å². The summed E-state index contributed by atoms with van der Waals surface area (Å²) in [6, 6.07) is 12.7. The standard InChI is InChI=1S/C21H25N3O3/c1-27-19-8-4-3-7-15(19)13-20(25)23-16-9-10-17(21(22)26)18(14-16)24-11-5-2-6-12-24/h3-4,7-10,14H,2,5-6,11-13H2,1H3,(H2,22,26)(H,23,25). The Labute approximate surface area is 159 Å². The minimum Gasteiger partial charge on any atom is -0.496 e. The number of benzene rings is 2. The van der Waals surface area contributed by atoms with Gasteiger partial charge in [-0.15, -0.1) is 0 Å². The third-order valence-electron chi connectivity index (χ3n) is 4.79.